The monoisotopic (exact) mass is 809 g/mol. The second kappa shape index (κ2) is 19.6. The van der Waals surface area contributed by atoms with Crippen LogP contribution in [-0.4, -0.2) is 79.2 Å². The van der Waals surface area contributed by atoms with E-state index in [0.29, 0.717) is 70.5 Å². The van der Waals surface area contributed by atoms with Gasteiger partial charge in [0.1, 0.15) is 5.75 Å². The van der Waals surface area contributed by atoms with Gasteiger partial charge in [-0.2, -0.15) is 13.9 Å². The molecule has 0 radical (unpaired) electrons. The van der Waals surface area contributed by atoms with E-state index in [9.17, 15) is 18.4 Å². The third-order valence-corrected chi connectivity index (χ3v) is 9.18. The zero-order valence-electron chi connectivity index (χ0n) is 30.1. The Balaban J connectivity index is 0.000000194. The number of pyridine rings is 1. The Hall–Kier alpha value is -5.16. The molecule has 7 rings (SSSR count). The minimum atomic E-state index is -2.89. The number of halogens is 4. The zero-order valence-corrected chi connectivity index (χ0v) is 31.7. The summed E-state index contributed by atoms with van der Waals surface area (Å²) in [5.41, 5.74) is 4.30. The number of aromatic nitrogens is 3. The van der Waals surface area contributed by atoms with E-state index < -0.39 is 6.61 Å². The normalized spacial score (nSPS) is 16.7. The highest BCUT2D eigenvalue weighted by Crippen LogP contribution is 2.31. The lowest BCUT2D eigenvalue weighted by atomic mass is 10.1. The third-order valence-electron chi connectivity index (χ3n) is 8.53. The van der Waals surface area contributed by atoms with E-state index in [4.69, 9.17) is 37.4 Å². The van der Waals surface area contributed by atoms with Crippen LogP contribution in [0.3, 0.4) is 0 Å². The van der Waals surface area contributed by atoms with Crippen LogP contribution in [-0.2, 0) is 9.47 Å². The van der Waals surface area contributed by atoms with Gasteiger partial charge in [-0.25, -0.2) is 9.67 Å². The van der Waals surface area contributed by atoms with Crippen LogP contribution in [0.25, 0.3) is 5.69 Å². The van der Waals surface area contributed by atoms with Gasteiger partial charge in [0.15, 0.2) is 0 Å². The number of alkyl halides is 2. The first-order valence-electron chi connectivity index (χ1n) is 17.7. The molecule has 2 amide bonds. The van der Waals surface area contributed by atoms with Crippen molar-refractivity contribution in [2.45, 2.75) is 25.7 Å². The zero-order chi connectivity index (χ0) is 39.4. The van der Waals surface area contributed by atoms with E-state index in [0.717, 1.165) is 30.8 Å². The smallest absolute Gasteiger partial charge is 0.387 e. The molecule has 2 aliphatic heterocycles. The van der Waals surface area contributed by atoms with Gasteiger partial charge in [-0.05, 0) is 61.5 Å². The Labute approximate surface area is 331 Å². The molecule has 2 fully saturated rings. The quantitative estimate of drug-likeness (QED) is 0.109. The first kappa shape index (κ1) is 40.5. The van der Waals surface area contributed by atoms with Crippen molar-refractivity contribution in [1.82, 2.24) is 25.4 Å². The van der Waals surface area contributed by atoms with Crippen molar-refractivity contribution in [2.24, 2.45) is 0 Å². The van der Waals surface area contributed by atoms with Crippen molar-refractivity contribution in [3.8, 4) is 17.3 Å². The number of carbonyl (C=O) groups excluding carboxylic acids is 2. The number of amides is 2. The molecule has 3 aromatic carbocycles. The largest absolute Gasteiger partial charge is 0.478 e. The number of anilines is 2. The minimum Gasteiger partial charge on any atom is -0.478 e. The summed E-state index contributed by atoms with van der Waals surface area (Å²) >= 11 is 12.7. The summed E-state index contributed by atoms with van der Waals surface area (Å²) in [5, 5.41) is 17.4. The number of rotatable bonds is 11. The molecule has 2 atom stereocenters. The van der Waals surface area contributed by atoms with Crippen LogP contribution < -0.4 is 30.7 Å². The van der Waals surface area contributed by atoms with E-state index in [1.54, 1.807) is 42.5 Å². The van der Waals surface area contributed by atoms with Gasteiger partial charge in [0.25, 0.3) is 11.8 Å². The fraction of sp³-hybridized carbons (Fsp3) is 0.282. The fourth-order valence-corrected chi connectivity index (χ4v) is 6.38. The number of benzene rings is 3. The van der Waals surface area contributed by atoms with Crippen LogP contribution in [0.1, 0.15) is 51.0 Å². The second-order valence-electron chi connectivity index (χ2n) is 12.4. The molecule has 0 unspecified atom stereocenters. The molecule has 0 spiro atoms. The van der Waals surface area contributed by atoms with Crippen molar-refractivity contribution in [1.29, 1.82) is 0 Å². The van der Waals surface area contributed by atoms with Crippen molar-refractivity contribution in [2.75, 3.05) is 56.6 Å². The van der Waals surface area contributed by atoms with Crippen molar-refractivity contribution in [3.63, 3.8) is 0 Å². The van der Waals surface area contributed by atoms with Crippen LogP contribution in [0.4, 0.5) is 20.2 Å². The Bertz CT molecular complexity index is 2080. The molecule has 13 nitrogen and oxygen atoms in total. The number of hydrogen-bond acceptors (Lipinski definition) is 10. The molecule has 2 saturated heterocycles. The lowest BCUT2D eigenvalue weighted by molar-refractivity contribution is -0.0498. The number of ether oxygens (including phenoxy) is 4. The van der Waals surface area contributed by atoms with Gasteiger partial charge >= 0.3 is 6.61 Å². The summed E-state index contributed by atoms with van der Waals surface area (Å²) in [6.45, 7) is 3.86. The van der Waals surface area contributed by atoms with Gasteiger partial charge in [-0.3, -0.25) is 9.59 Å². The minimum absolute atomic E-state index is 0.0404. The van der Waals surface area contributed by atoms with Crippen LogP contribution in [0, 0.1) is 0 Å². The van der Waals surface area contributed by atoms with Crippen molar-refractivity contribution in [3.05, 3.63) is 124 Å². The Morgan fingerprint density at radius 2 is 1.43 bits per heavy atom. The molecule has 17 heteroatoms. The third kappa shape index (κ3) is 11.0. The van der Waals surface area contributed by atoms with E-state index >= 15 is 0 Å². The van der Waals surface area contributed by atoms with E-state index in [2.05, 4.69) is 36.1 Å². The summed E-state index contributed by atoms with van der Waals surface area (Å²) in [7, 11) is 0. The van der Waals surface area contributed by atoms with Crippen LogP contribution in [0.15, 0.2) is 91.4 Å². The topological polar surface area (TPSA) is 150 Å². The maximum Gasteiger partial charge on any atom is 0.387 e. The number of morpholine rings is 2. The molecule has 294 valence electrons. The molecular weight excluding hydrogens is 771 g/mol. The molecule has 0 bridgehead atoms. The lowest BCUT2D eigenvalue weighted by Gasteiger charge is -2.25. The highest BCUT2D eigenvalue weighted by molar-refractivity contribution is 6.32. The summed E-state index contributed by atoms with van der Waals surface area (Å²) in [6.07, 6.45) is 4.24. The van der Waals surface area contributed by atoms with Crippen LogP contribution >= 0.6 is 23.2 Å². The summed E-state index contributed by atoms with van der Waals surface area (Å²) in [6, 6.07) is 20.0. The van der Waals surface area contributed by atoms with Crippen molar-refractivity contribution >= 4 is 46.4 Å². The predicted molar refractivity (Wildman–Crippen MR) is 208 cm³/mol. The maximum absolute atomic E-state index is 12.6. The average Bonchev–Trinajstić information content (AvgIpc) is 3.70. The number of nitrogens with one attached hydrogen (secondary N) is 4. The number of carbonyl (C=O) groups is 2. The highest BCUT2D eigenvalue weighted by Gasteiger charge is 2.21. The standard InChI is InChI=1S/C21H19ClF2N4O3.C18H20ClN3O3/c22-18-9-14(1-6-17(18)19-11-25-7-8-30-19)27-20(29)13-10-26-28(12-13)15-2-4-16(5-3-15)31-21(23)24;1-2-24-17-6-3-12(10-21-17)18(23)22-13-4-5-14(15(19)9-13)16-11-20-7-8-25-16/h1-6,9-10,12,19,21,25H,7-8,11H2,(H,27,29);3-6,9-10,16,20H,2,7-8,11H2,1H3,(H,22,23)/t19-;16-/m00/s1. The molecule has 2 aliphatic rings. The Morgan fingerprint density at radius 3 is 1.91 bits per heavy atom. The lowest BCUT2D eigenvalue weighted by Crippen LogP contribution is -2.33. The van der Waals surface area contributed by atoms with Crippen molar-refractivity contribution < 1.29 is 37.3 Å². The molecule has 5 aromatic rings. The van der Waals surface area contributed by atoms with Gasteiger partial charge in [0.05, 0.1) is 55.0 Å². The first-order valence-corrected chi connectivity index (χ1v) is 18.5. The average molecular weight is 811 g/mol. The molecule has 0 aliphatic carbocycles. The summed E-state index contributed by atoms with van der Waals surface area (Å²) in [5.74, 6) is -0.0793. The SMILES string of the molecule is CCOc1ccc(C(=O)Nc2ccc([C@@H]3CNCCO3)c(Cl)c2)cn1.O=C(Nc1ccc([C@@H]2CNCCO2)c(Cl)c1)c1cnn(-c2ccc(OC(F)F)cc2)c1. The van der Waals surface area contributed by atoms with Gasteiger partial charge in [-0.15, -0.1) is 0 Å². The molecule has 56 heavy (non-hydrogen) atoms. The maximum atomic E-state index is 12.6. The van der Waals surface area contributed by atoms with E-state index in [-0.39, 0.29) is 29.8 Å². The fourth-order valence-electron chi connectivity index (χ4n) is 5.78. The Morgan fingerprint density at radius 1 is 0.839 bits per heavy atom. The summed E-state index contributed by atoms with van der Waals surface area (Å²) < 4.78 is 47.0. The number of hydrogen-bond donors (Lipinski definition) is 4. The van der Waals surface area contributed by atoms with E-state index in [1.165, 1.54) is 35.4 Å². The molecule has 4 N–H and O–H groups in total. The number of nitrogens with zero attached hydrogens (tertiary/aromatic N) is 3. The molecular formula is C39H39Cl2F2N7O6. The highest BCUT2D eigenvalue weighted by atomic mass is 35.5. The van der Waals surface area contributed by atoms with Gasteiger partial charge in [-0.1, -0.05) is 35.3 Å². The van der Waals surface area contributed by atoms with Crippen LogP contribution in [0.2, 0.25) is 10.0 Å². The molecule has 4 heterocycles. The second-order valence-corrected chi connectivity index (χ2v) is 13.2. The van der Waals surface area contributed by atoms with E-state index in [1.807, 2.05) is 25.1 Å². The van der Waals surface area contributed by atoms with Gasteiger partial charge < -0.3 is 40.2 Å². The van der Waals surface area contributed by atoms with Gasteiger partial charge in [0.2, 0.25) is 5.88 Å². The predicted octanol–water partition coefficient (Wildman–Crippen LogP) is 7.09. The molecule has 2 aromatic heterocycles. The van der Waals surface area contributed by atoms with Gasteiger partial charge in [0, 0.05) is 77.2 Å². The molecule has 0 saturated carbocycles. The first-order chi connectivity index (χ1) is 27.2. The summed E-state index contributed by atoms with van der Waals surface area (Å²) in [4.78, 5) is 29.0. The van der Waals surface area contributed by atoms with Crippen LogP contribution in [0.5, 0.6) is 11.6 Å². The Kier molecular flexibility index (Phi) is 14.2.